The van der Waals surface area contributed by atoms with Gasteiger partial charge in [0.05, 0.1) is 5.56 Å². The summed E-state index contributed by atoms with van der Waals surface area (Å²) in [6, 6.07) is 13.4. The van der Waals surface area contributed by atoms with E-state index in [0.717, 1.165) is 50.7 Å². The van der Waals surface area contributed by atoms with Crippen molar-refractivity contribution in [3.8, 4) is 0 Å². The van der Waals surface area contributed by atoms with Crippen LogP contribution < -0.4 is 5.32 Å². The number of hydrogen-bond acceptors (Lipinski definition) is 3. The van der Waals surface area contributed by atoms with E-state index in [1.807, 2.05) is 7.05 Å². The van der Waals surface area contributed by atoms with E-state index in [1.165, 1.54) is 23.3 Å². The maximum atomic E-state index is 12.8. The van der Waals surface area contributed by atoms with Crippen molar-refractivity contribution in [2.45, 2.75) is 62.7 Å². The van der Waals surface area contributed by atoms with E-state index < -0.39 is 11.7 Å². The average molecular weight is 463 g/mol. The van der Waals surface area contributed by atoms with Gasteiger partial charge in [0.2, 0.25) is 0 Å². The normalized spacial score (nSPS) is 19.8. The molecular formula is C26H33F3N2O2. The molecular weight excluding hydrogens is 429 g/mol. The number of carbonyl (C=O) groups is 1. The summed E-state index contributed by atoms with van der Waals surface area (Å²) in [4.78, 5) is 14.5. The molecule has 0 spiro atoms. The summed E-state index contributed by atoms with van der Waals surface area (Å²) in [5, 5.41) is 12.4. The lowest BCUT2D eigenvalue weighted by Gasteiger charge is -2.35. The molecule has 1 saturated carbocycles. The maximum Gasteiger partial charge on any atom is 0.416 e. The van der Waals surface area contributed by atoms with Crippen LogP contribution in [0.5, 0.6) is 0 Å². The number of nitrogens with one attached hydrogen (secondary N) is 1. The third-order valence-corrected chi connectivity index (χ3v) is 6.83. The van der Waals surface area contributed by atoms with E-state index in [9.17, 15) is 18.0 Å². The number of alkyl halides is 3. The van der Waals surface area contributed by atoms with Crippen LogP contribution in [0.4, 0.5) is 13.2 Å². The first-order valence-corrected chi connectivity index (χ1v) is 11.6. The molecule has 2 aromatic carbocycles. The van der Waals surface area contributed by atoms with Crippen LogP contribution in [0, 0.1) is 0 Å². The molecule has 180 valence electrons. The van der Waals surface area contributed by atoms with Gasteiger partial charge in [-0.05, 0) is 86.9 Å². The van der Waals surface area contributed by atoms with Gasteiger partial charge < -0.3 is 15.3 Å². The quantitative estimate of drug-likeness (QED) is 0.542. The zero-order chi connectivity index (χ0) is 24.0. The first kappa shape index (κ1) is 25.2. The average Bonchev–Trinajstić information content (AvgIpc) is 2.83. The van der Waals surface area contributed by atoms with Crippen molar-refractivity contribution in [2.24, 2.45) is 0 Å². The van der Waals surface area contributed by atoms with E-state index in [0.29, 0.717) is 5.92 Å². The number of hydrogen-bond donors (Lipinski definition) is 2. The van der Waals surface area contributed by atoms with Crippen LogP contribution in [-0.4, -0.2) is 42.7 Å². The molecule has 0 aromatic heterocycles. The van der Waals surface area contributed by atoms with Crippen molar-refractivity contribution in [2.75, 3.05) is 20.7 Å². The zero-order valence-corrected chi connectivity index (χ0v) is 19.2. The minimum Gasteiger partial charge on any atom is -0.396 e. The lowest BCUT2D eigenvalue weighted by atomic mass is 9.81. The highest BCUT2D eigenvalue weighted by atomic mass is 19.4. The van der Waals surface area contributed by atoms with Crippen molar-refractivity contribution >= 4 is 5.91 Å². The van der Waals surface area contributed by atoms with E-state index in [4.69, 9.17) is 5.11 Å². The maximum absolute atomic E-state index is 12.8. The van der Waals surface area contributed by atoms with Gasteiger partial charge >= 0.3 is 6.18 Å². The Balaban J connectivity index is 1.56. The number of rotatable bonds is 8. The van der Waals surface area contributed by atoms with Crippen molar-refractivity contribution in [3.05, 3.63) is 70.8 Å². The molecule has 1 aliphatic carbocycles. The van der Waals surface area contributed by atoms with Crippen LogP contribution in [0.3, 0.4) is 0 Å². The molecule has 2 aromatic rings. The van der Waals surface area contributed by atoms with Gasteiger partial charge in [-0.15, -0.1) is 0 Å². The second-order valence-corrected chi connectivity index (χ2v) is 8.87. The first-order chi connectivity index (χ1) is 15.7. The van der Waals surface area contributed by atoms with E-state index in [1.54, 1.807) is 11.9 Å². The monoisotopic (exact) mass is 462 g/mol. The lowest BCUT2D eigenvalue weighted by molar-refractivity contribution is -0.137. The fourth-order valence-electron chi connectivity index (χ4n) is 4.74. The van der Waals surface area contributed by atoms with E-state index in [2.05, 4.69) is 29.6 Å². The molecule has 0 bridgehead atoms. The fraction of sp³-hybridized carbons (Fsp3) is 0.500. The molecule has 4 nitrogen and oxygen atoms in total. The van der Waals surface area contributed by atoms with Crippen LogP contribution in [-0.2, 0) is 6.18 Å². The number of halogens is 3. The molecule has 2 N–H and O–H groups in total. The van der Waals surface area contributed by atoms with Gasteiger partial charge in [-0.3, -0.25) is 4.79 Å². The van der Waals surface area contributed by atoms with Crippen molar-refractivity contribution in [1.29, 1.82) is 0 Å². The number of carbonyl (C=O) groups excluding carboxylic acids is 1. The van der Waals surface area contributed by atoms with Gasteiger partial charge in [-0.2, -0.15) is 13.2 Å². The SMILES string of the molecule is CNC(CCCO)c1ccc([C@H]2CC[C@H](N(C)C(=O)c3ccc(C(F)(F)F)cc3)CC2)cc1. The largest absolute Gasteiger partial charge is 0.416 e. The Kier molecular flexibility index (Phi) is 8.54. The van der Waals surface area contributed by atoms with Crippen molar-refractivity contribution < 1.29 is 23.1 Å². The van der Waals surface area contributed by atoms with Crippen LogP contribution >= 0.6 is 0 Å². The molecule has 1 amide bonds. The molecule has 1 atom stereocenters. The number of nitrogens with zero attached hydrogens (tertiary/aromatic N) is 1. The zero-order valence-electron chi connectivity index (χ0n) is 19.2. The van der Waals surface area contributed by atoms with Crippen molar-refractivity contribution in [3.63, 3.8) is 0 Å². The standard InChI is InChI=1S/C26H33F3N2O2/c1-30-24(4-3-17-32)20-7-5-18(6-8-20)19-11-15-23(16-12-19)31(2)25(33)21-9-13-22(14-10-21)26(27,28)29/h5-10,13-14,19,23-24,30,32H,3-4,11-12,15-17H2,1-2H3/t19-,23-,24?. The second kappa shape index (κ2) is 11.2. The van der Waals surface area contributed by atoms with Gasteiger partial charge in [0.25, 0.3) is 5.91 Å². The Hall–Kier alpha value is -2.38. The van der Waals surface area contributed by atoms with E-state index in [-0.39, 0.29) is 30.2 Å². The Bertz CT molecular complexity index is 889. The summed E-state index contributed by atoms with van der Waals surface area (Å²) in [5.41, 5.74) is 2.04. The third-order valence-electron chi connectivity index (χ3n) is 6.83. The molecule has 0 radical (unpaired) electrons. The lowest BCUT2D eigenvalue weighted by Crippen LogP contribution is -2.39. The second-order valence-electron chi connectivity index (χ2n) is 8.87. The Morgan fingerprint density at radius 2 is 1.67 bits per heavy atom. The predicted molar refractivity (Wildman–Crippen MR) is 123 cm³/mol. The number of benzene rings is 2. The molecule has 1 unspecified atom stereocenters. The van der Waals surface area contributed by atoms with Crippen LogP contribution in [0.15, 0.2) is 48.5 Å². The van der Waals surface area contributed by atoms with Crippen LogP contribution in [0.25, 0.3) is 0 Å². The summed E-state index contributed by atoms with van der Waals surface area (Å²) >= 11 is 0. The fourth-order valence-corrected chi connectivity index (χ4v) is 4.74. The Labute approximate surface area is 193 Å². The topological polar surface area (TPSA) is 52.6 Å². The van der Waals surface area contributed by atoms with Crippen LogP contribution in [0.1, 0.15) is 77.5 Å². The molecule has 3 rings (SSSR count). The number of amides is 1. The molecule has 1 aliphatic rings. The summed E-state index contributed by atoms with van der Waals surface area (Å²) in [7, 11) is 3.67. The minimum absolute atomic E-state index is 0.0856. The highest BCUT2D eigenvalue weighted by Crippen LogP contribution is 2.36. The highest BCUT2D eigenvalue weighted by Gasteiger charge is 2.31. The minimum atomic E-state index is -4.41. The molecule has 7 heteroatoms. The van der Waals surface area contributed by atoms with Gasteiger partial charge in [-0.25, -0.2) is 0 Å². The molecule has 0 aliphatic heterocycles. The third kappa shape index (κ3) is 6.36. The van der Waals surface area contributed by atoms with Crippen molar-refractivity contribution in [1.82, 2.24) is 10.2 Å². The summed E-state index contributed by atoms with van der Waals surface area (Å²) in [6.07, 6.45) is 0.906. The number of aliphatic hydroxyl groups is 1. The molecule has 0 saturated heterocycles. The van der Waals surface area contributed by atoms with Gasteiger partial charge in [0.15, 0.2) is 0 Å². The van der Waals surface area contributed by atoms with Crippen LogP contribution in [0.2, 0.25) is 0 Å². The molecule has 0 heterocycles. The van der Waals surface area contributed by atoms with Gasteiger partial charge in [-0.1, -0.05) is 24.3 Å². The summed E-state index contributed by atoms with van der Waals surface area (Å²) < 4.78 is 38.3. The first-order valence-electron chi connectivity index (χ1n) is 11.6. The highest BCUT2D eigenvalue weighted by molar-refractivity contribution is 5.94. The summed E-state index contributed by atoms with van der Waals surface area (Å²) in [5.74, 6) is 0.202. The van der Waals surface area contributed by atoms with Gasteiger partial charge in [0.1, 0.15) is 0 Å². The molecule has 33 heavy (non-hydrogen) atoms. The summed E-state index contributed by atoms with van der Waals surface area (Å²) in [6.45, 7) is 0.190. The smallest absolute Gasteiger partial charge is 0.396 e. The van der Waals surface area contributed by atoms with E-state index >= 15 is 0 Å². The Morgan fingerprint density at radius 3 is 2.18 bits per heavy atom. The van der Waals surface area contributed by atoms with Gasteiger partial charge in [0, 0.05) is 31.3 Å². The Morgan fingerprint density at radius 1 is 1.06 bits per heavy atom. The number of aliphatic hydroxyl groups excluding tert-OH is 1. The predicted octanol–water partition coefficient (Wildman–Crippen LogP) is 5.54. The molecule has 1 fully saturated rings.